The number of aromatic nitrogens is 2. The summed E-state index contributed by atoms with van der Waals surface area (Å²) in [5.74, 6) is -1.00. The van der Waals surface area contributed by atoms with Crippen molar-refractivity contribution in [1.82, 2.24) is 9.78 Å². The van der Waals surface area contributed by atoms with E-state index >= 15 is 0 Å². The van der Waals surface area contributed by atoms with Crippen LogP contribution in [-0.4, -0.2) is 21.6 Å². The van der Waals surface area contributed by atoms with Crippen molar-refractivity contribution in [3.05, 3.63) is 76.0 Å². The van der Waals surface area contributed by atoms with E-state index in [1.807, 2.05) is 30.3 Å². The normalized spacial score (nSPS) is 11.8. The van der Waals surface area contributed by atoms with E-state index in [0.29, 0.717) is 22.8 Å². The Morgan fingerprint density at radius 1 is 1.00 bits per heavy atom. The average molecular weight is 453 g/mol. The molecule has 1 atom stereocenters. The Balaban J connectivity index is 2.05. The molecular weight excluding hydrogens is 428 g/mol. The Morgan fingerprint density at radius 2 is 1.66 bits per heavy atom. The maximum atomic E-state index is 13.2. The summed E-state index contributed by atoms with van der Waals surface area (Å²) >= 11 is 5.91. The van der Waals surface area contributed by atoms with E-state index in [1.165, 1.54) is 6.07 Å². The third kappa shape index (κ3) is 5.42. The molecule has 0 fully saturated rings. The van der Waals surface area contributed by atoms with Crippen molar-refractivity contribution in [1.29, 1.82) is 0 Å². The van der Waals surface area contributed by atoms with E-state index in [4.69, 9.17) is 11.6 Å². The molecule has 2 aromatic carbocycles. The van der Waals surface area contributed by atoms with Gasteiger partial charge in [-0.05, 0) is 36.8 Å². The molecule has 1 heterocycles. The molecule has 2 N–H and O–H groups in total. The zero-order valence-corrected chi connectivity index (χ0v) is 18.9. The average Bonchev–Trinajstić information content (AvgIpc) is 2.78. The highest BCUT2D eigenvalue weighted by atomic mass is 35.5. The summed E-state index contributed by atoms with van der Waals surface area (Å²) in [6.07, 6.45) is 0.322. The molecule has 3 rings (SSSR count). The number of hydrogen-bond acceptors (Lipinski definition) is 4. The van der Waals surface area contributed by atoms with E-state index < -0.39 is 17.5 Å². The topological polar surface area (TPSA) is 93.1 Å². The second-order valence-electron chi connectivity index (χ2n) is 7.62. The second kappa shape index (κ2) is 10.2. The molecule has 0 aliphatic carbocycles. The van der Waals surface area contributed by atoms with Crippen molar-refractivity contribution in [2.45, 2.75) is 33.2 Å². The van der Waals surface area contributed by atoms with Crippen LogP contribution in [0.1, 0.15) is 33.2 Å². The summed E-state index contributed by atoms with van der Waals surface area (Å²) in [5.41, 5.74) is 1.32. The van der Waals surface area contributed by atoms with Crippen molar-refractivity contribution in [2.24, 2.45) is 5.92 Å². The SMILES string of the molecule is CC[C@@H](C(=O)Nc1ccc(Cl)cc1)n1nc(-c2ccccc2)cc(NC(=O)C(C)C)c1=O. The molecule has 32 heavy (non-hydrogen) atoms. The van der Waals surface area contributed by atoms with E-state index in [1.54, 1.807) is 45.0 Å². The van der Waals surface area contributed by atoms with Crippen molar-refractivity contribution >= 4 is 34.8 Å². The highest BCUT2D eigenvalue weighted by Crippen LogP contribution is 2.21. The van der Waals surface area contributed by atoms with Gasteiger partial charge in [-0.25, -0.2) is 4.68 Å². The standard InChI is InChI=1S/C24H25ClN4O3/c1-4-21(23(31)26-18-12-10-17(25)11-13-18)29-24(32)20(27-22(30)15(2)3)14-19(28-29)16-8-6-5-7-9-16/h5-15,21H,4H2,1-3H3,(H,26,31)(H,27,30)/t21-/m0/s1. The first-order valence-corrected chi connectivity index (χ1v) is 10.7. The van der Waals surface area contributed by atoms with Crippen LogP contribution in [0.15, 0.2) is 65.5 Å². The number of anilines is 2. The Labute approximate surface area is 191 Å². The molecule has 0 saturated carbocycles. The number of carbonyl (C=O) groups is 2. The number of rotatable bonds is 7. The minimum atomic E-state index is -0.878. The van der Waals surface area contributed by atoms with Crippen LogP contribution in [0, 0.1) is 5.92 Å². The molecule has 8 heteroatoms. The van der Waals surface area contributed by atoms with Gasteiger partial charge in [-0.2, -0.15) is 5.10 Å². The zero-order chi connectivity index (χ0) is 23.3. The van der Waals surface area contributed by atoms with Gasteiger partial charge >= 0.3 is 0 Å². The Hall–Kier alpha value is -3.45. The van der Waals surface area contributed by atoms with E-state index in [9.17, 15) is 14.4 Å². The molecule has 7 nitrogen and oxygen atoms in total. The van der Waals surface area contributed by atoms with E-state index in [2.05, 4.69) is 15.7 Å². The molecule has 0 bridgehead atoms. The molecule has 0 radical (unpaired) electrons. The van der Waals surface area contributed by atoms with Crippen LogP contribution in [0.5, 0.6) is 0 Å². The smallest absolute Gasteiger partial charge is 0.291 e. The van der Waals surface area contributed by atoms with Gasteiger partial charge in [0.05, 0.1) is 5.69 Å². The minimum Gasteiger partial charge on any atom is -0.324 e. The molecule has 166 valence electrons. The lowest BCUT2D eigenvalue weighted by atomic mass is 10.1. The molecule has 0 spiro atoms. The molecule has 3 aromatic rings. The number of amides is 2. The summed E-state index contributed by atoms with van der Waals surface area (Å²) in [4.78, 5) is 38.5. The predicted octanol–water partition coefficient (Wildman–Crippen LogP) is 4.75. The number of hydrogen-bond donors (Lipinski definition) is 2. The first-order valence-electron chi connectivity index (χ1n) is 10.4. The van der Waals surface area contributed by atoms with Gasteiger partial charge in [0, 0.05) is 22.2 Å². The summed E-state index contributed by atoms with van der Waals surface area (Å²) < 4.78 is 1.14. The number of halogens is 1. The largest absolute Gasteiger partial charge is 0.324 e. The van der Waals surface area contributed by atoms with Gasteiger partial charge in [-0.15, -0.1) is 0 Å². The Bertz CT molecular complexity index is 1160. The highest BCUT2D eigenvalue weighted by molar-refractivity contribution is 6.30. The lowest BCUT2D eigenvalue weighted by Crippen LogP contribution is -2.37. The molecule has 0 aliphatic rings. The van der Waals surface area contributed by atoms with Crippen molar-refractivity contribution in [3.63, 3.8) is 0 Å². The number of nitrogens with zero attached hydrogens (tertiary/aromatic N) is 2. The fourth-order valence-corrected chi connectivity index (χ4v) is 3.19. The first-order chi connectivity index (χ1) is 15.3. The quantitative estimate of drug-likeness (QED) is 0.541. The van der Waals surface area contributed by atoms with Crippen LogP contribution < -0.4 is 16.2 Å². The summed E-state index contributed by atoms with van der Waals surface area (Å²) in [6, 6.07) is 16.6. The lowest BCUT2D eigenvalue weighted by molar-refractivity contribution is -0.120. The Kier molecular flexibility index (Phi) is 7.43. The van der Waals surface area contributed by atoms with E-state index in [-0.39, 0.29) is 17.5 Å². The second-order valence-corrected chi connectivity index (χ2v) is 8.06. The maximum absolute atomic E-state index is 13.2. The third-order valence-electron chi connectivity index (χ3n) is 4.88. The van der Waals surface area contributed by atoms with Crippen LogP contribution in [0.2, 0.25) is 5.02 Å². The number of nitrogens with one attached hydrogen (secondary N) is 2. The van der Waals surface area contributed by atoms with Crippen molar-refractivity contribution < 1.29 is 9.59 Å². The first kappa shape index (κ1) is 23.2. The van der Waals surface area contributed by atoms with Crippen LogP contribution in [0.4, 0.5) is 11.4 Å². The number of carbonyl (C=O) groups excluding carboxylic acids is 2. The minimum absolute atomic E-state index is 0.0790. The van der Waals surface area contributed by atoms with Gasteiger partial charge in [0.1, 0.15) is 11.7 Å². The van der Waals surface area contributed by atoms with Crippen LogP contribution >= 0.6 is 11.6 Å². The van der Waals surface area contributed by atoms with Gasteiger partial charge in [-0.1, -0.05) is 62.7 Å². The zero-order valence-electron chi connectivity index (χ0n) is 18.1. The highest BCUT2D eigenvalue weighted by Gasteiger charge is 2.24. The summed E-state index contributed by atoms with van der Waals surface area (Å²) in [6.45, 7) is 5.27. The molecule has 0 aliphatic heterocycles. The molecule has 0 saturated heterocycles. The van der Waals surface area contributed by atoms with Gasteiger partial charge < -0.3 is 10.6 Å². The molecule has 0 unspecified atom stereocenters. The van der Waals surface area contributed by atoms with Gasteiger partial charge in [0.15, 0.2) is 0 Å². The summed E-state index contributed by atoms with van der Waals surface area (Å²) in [7, 11) is 0. The van der Waals surface area contributed by atoms with E-state index in [0.717, 1.165) is 10.2 Å². The fourth-order valence-electron chi connectivity index (χ4n) is 3.07. The summed E-state index contributed by atoms with van der Waals surface area (Å²) in [5, 5.41) is 10.5. The van der Waals surface area contributed by atoms with Gasteiger partial charge in [0.2, 0.25) is 11.8 Å². The lowest BCUT2D eigenvalue weighted by Gasteiger charge is -2.19. The molecule has 1 aromatic heterocycles. The van der Waals surface area contributed by atoms with Gasteiger partial charge in [-0.3, -0.25) is 14.4 Å². The fraction of sp³-hybridized carbons (Fsp3) is 0.250. The van der Waals surface area contributed by atoms with Crippen molar-refractivity contribution in [3.8, 4) is 11.3 Å². The molecular formula is C24H25ClN4O3. The maximum Gasteiger partial charge on any atom is 0.291 e. The van der Waals surface area contributed by atoms with Gasteiger partial charge in [0.25, 0.3) is 5.56 Å². The third-order valence-corrected chi connectivity index (χ3v) is 5.14. The molecule has 2 amide bonds. The van der Waals surface area contributed by atoms with Crippen molar-refractivity contribution in [2.75, 3.05) is 10.6 Å². The monoisotopic (exact) mass is 452 g/mol. The Morgan fingerprint density at radius 3 is 2.25 bits per heavy atom. The predicted molar refractivity (Wildman–Crippen MR) is 127 cm³/mol. The van der Waals surface area contributed by atoms with Crippen LogP contribution in [0.25, 0.3) is 11.3 Å². The number of benzene rings is 2. The van der Waals surface area contributed by atoms with Crippen LogP contribution in [-0.2, 0) is 9.59 Å². The van der Waals surface area contributed by atoms with Crippen LogP contribution in [0.3, 0.4) is 0 Å².